The molecule has 4 aromatic rings. The van der Waals surface area contributed by atoms with E-state index >= 15 is 0 Å². The monoisotopic (exact) mass is 703 g/mol. The molecule has 4 rings (SSSR count). The van der Waals surface area contributed by atoms with Gasteiger partial charge in [0.25, 0.3) is 0 Å². The second-order valence-corrected chi connectivity index (χ2v) is 14.0. The summed E-state index contributed by atoms with van der Waals surface area (Å²) in [6.07, 6.45) is 4.55. The molecule has 0 bridgehead atoms. The number of rotatable bonds is 18. The van der Waals surface area contributed by atoms with Gasteiger partial charge in [0.1, 0.15) is 12.6 Å². The van der Waals surface area contributed by atoms with E-state index < -0.39 is 18.2 Å². The summed E-state index contributed by atoms with van der Waals surface area (Å²) < 4.78 is 5.47. The van der Waals surface area contributed by atoms with Crippen LogP contribution in [0.2, 0.25) is 0 Å². The fourth-order valence-corrected chi connectivity index (χ4v) is 6.53. The van der Waals surface area contributed by atoms with Gasteiger partial charge in [-0.05, 0) is 43.0 Å². The van der Waals surface area contributed by atoms with Crippen molar-refractivity contribution in [3.63, 3.8) is 0 Å². The summed E-state index contributed by atoms with van der Waals surface area (Å²) in [7, 11) is 1.66. The summed E-state index contributed by atoms with van der Waals surface area (Å²) in [5, 5.41) is 19.6. The largest absolute Gasteiger partial charge is 0.444 e. The van der Waals surface area contributed by atoms with E-state index in [0.717, 1.165) is 32.9 Å². The summed E-state index contributed by atoms with van der Waals surface area (Å²) in [6, 6.07) is 17.8. The van der Waals surface area contributed by atoms with Crippen LogP contribution in [0.25, 0.3) is 0 Å². The van der Waals surface area contributed by atoms with Crippen molar-refractivity contribution in [1.29, 1.82) is 5.41 Å². The van der Waals surface area contributed by atoms with Gasteiger partial charge in [-0.3, -0.25) is 9.78 Å². The number of ether oxygens (including phenoxy) is 1. The van der Waals surface area contributed by atoms with Crippen LogP contribution >= 0.6 is 22.7 Å². The lowest BCUT2D eigenvalue weighted by atomic mass is 9.95. The summed E-state index contributed by atoms with van der Waals surface area (Å²) >= 11 is 2.98. The standard InChI is InChI=1S/C36H45N7O4S2/c1-25(2)34-40-30(23-48-34)21-43(3)35(45)42-32(16-17-37)33(44)39-28(18-26-10-6-4-7-11-26)14-15-29(19-27-12-8-5-9-13-27)41-36(46)47-22-31-20-38-24-49-31/h4-13,17,20,23-25,28-29,32,37H,14-16,18-19,21-22H2,1-3H3,(H,39,44)(H,41,46)(H,42,45). The lowest BCUT2D eigenvalue weighted by molar-refractivity contribution is -0.123. The third-order valence-corrected chi connectivity index (χ3v) is 9.74. The second kappa shape index (κ2) is 19.4. The molecule has 3 atom stereocenters. The number of nitrogens with one attached hydrogen (secondary N) is 4. The topological polar surface area (TPSA) is 149 Å². The molecule has 260 valence electrons. The van der Waals surface area contributed by atoms with Crippen LogP contribution < -0.4 is 16.0 Å². The SMILES string of the molecule is CC(C)c1nc(CN(C)C(=O)NC(CC=N)C(=O)NC(CCC(Cc2ccccc2)NC(=O)OCc2cncs2)Cc2ccccc2)cs1. The Balaban J connectivity index is 1.42. The van der Waals surface area contributed by atoms with Crippen LogP contribution in [0.4, 0.5) is 9.59 Å². The van der Waals surface area contributed by atoms with Gasteiger partial charge in [-0.25, -0.2) is 14.6 Å². The van der Waals surface area contributed by atoms with Gasteiger partial charge >= 0.3 is 12.1 Å². The highest BCUT2D eigenvalue weighted by Crippen LogP contribution is 2.20. The quantitative estimate of drug-likeness (QED) is 0.0892. The number of nitrogens with zero attached hydrogens (tertiary/aromatic N) is 3. The predicted molar refractivity (Wildman–Crippen MR) is 194 cm³/mol. The Labute approximate surface area is 296 Å². The average molecular weight is 704 g/mol. The van der Waals surface area contributed by atoms with Crippen molar-refractivity contribution >= 4 is 46.9 Å². The van der Waals surface area contributed by atoms with Gasteiger partial charge in [-0.1, -0.05) is 74.5 Å². The van der Waals surface area contributed by atoms with E-state index in [0.29, 0.717) is 38.1 Å². The van der Waals surface area contributed by atoms with Gasteiger partial charge in [0.05, 0.1) is 27.6 Å². The van der Waals surface area contributed by atoms with Crippen LogP contribution in [0, 0.1) is 5.41 Å². The molecule has 0 fully saturated rings. The first-order valence-corrected chi connectivity index (χ1v) is 18.1. The average Bonchev–Trinajstić information content (AvgIpc) is 3.80. The van der Waals surface area contributed by atoms with Crippen molar-refractivity contribution in [2.75, 3.05) is 7.05 Å². The first-order chi connectivity index (χ1) is 23.7. The Bertz CT molecular complexity index is 1600. The highest BCUT2D eigenvalue weighted by atomic mass is 32.1. The van der Waals surface area contributed by atoms with Crippen LogP contribution in [0.1, 0.15) is 65.7 Å². The number of carbonyl (C=O) groups is 3. The van der Waals surface area contributed by atoms with E-state index in [1.807, 2.05) is 66.0 Å². The van der Waals surface area contributed by atoms with Crippen molar-refractivity contribution in [2.45, 2.75) is 83.1 Å². The van der Waals surface area contributed by atoms with E-state index in [-0.39, 0.29) is 31.0 Å². The van der Waals surface area contributed by atoms with E-state index in [1.165, 1.54) is 16.2 Å². The lowest BCUT2D eigenvalue weighted by Crippen LogP contribution is -2.53. The zero-order valence-corrected chi connectivity index (χ0v) is 29.8. The maximum absolute atomic E-state index is 13.7. The molecule has 3 unspecified atom stereocenters. The highest BCUT2D eigenvalue weighted by molar-refractivity contribution is 7.09. The molecule has 0 saturated heterocycles. The molecule has 2 aromatic carbocycles. The van der Waals surface area contributed by atoms with Gasteiger partial charge in [-0.2, -0.15) is 0 Å². The van der Waals surface area contributed by atoms with Crippen molar-refractivity contribution in [3.8, 4) is 0 Å². The molecule has 4 amide bonds. The van der Waals surface area contributed by atoms with Crippen molar-refractivity contribution in [2.24, 2.45) is 0 Å². The Morgan fingerprint density at radius 1 is 0.918 bits per heavy atom. The Kier molecular flexibility index (Phi) is 14.7. The van der Waals surface area contributed by atoms with Crippen molar-refractivity contribution in [3.05, 3.63) is 104 Å². The molecule has 0 aliphatic rings. The maximum Gasteiger partial charge on any atom is 0.407 e. The highest BCUT2D eigenvalue weighted by Gasteiger charge is 2.26. The van der Waals surface area contributed by atoms with Crippen LogP contribution in [-0.2, 0) is 35.5 Å². The zero-order chi connectivity index (χ0) is 35.0. The first-order valence-electron chi connectivity index (χ1n) is 16.3. The van der Waals surface area contributed by atoms with Crippen LogP contribution in [0.3, 0.4) is 0 Å². The fraction of sp³-hybridized carbons (Fsp3) is 0.389. The molecule has 49 heavy (non-hydrogen) atoms. The molecule has 13 heteroatoms. The number of carbonyl (C=O) groups excluding carboxylic acids is 3. The lowest BCUT2D eigenvalue weighted by Gasteiger charge is -2.26. The molecule has 2 aromatic heterocycles. The number of thiazole rings is 2. The third-order valence-electron chi connectivity index (χ3n) is 7.79. The van der Waals surface area contributed by atoms with Gasteiger partial charge in [-0.15, -0.1) is 22.7 Å². The van der Waals surface area contributed by atoms with Crippen LogP contribution in [0.5, 0.6) is 0 Å². The molecular formula is C36H45N7O4S2. The predicted octanol–water partition coefficient (Wildman–Crippen LogP) is 6.32. The molecule has 4 N–H and O–H groups in total. The van der Waals surface area contributed by atoms with Crippen LogP contribution in [0.15, 0.2) is 77.8 Å². The van der Waals surface area contributed by atoms with Crippen molar-refractivity contribution < 1.29 is 19.1 Å². The van der Waals surface area contributed by atoms with Crippen molar-refractivity contribution in [1.82, 2.24) is 30.8 Å². The summed E-state index contributed by atoms with van der Waals surface area (Å²) in [5.41, 5.74) is 4.58. The summed E-state index contributed by atoms with van der Waals surface area (Å²) in [5.74, 6) is -0.0757. The van der Waals surface area contributed by atoms with Gasteiger partial charge in [0, 0.05) is 43.0 Å². The normalized spacial score (nSPS) is 12.8. The van der Waals surface area contributed by atoms with Gasteiger partial charge in [0.2, 0.25) is 5.91 Å². The molecule has 0 radical (unpaired) electrons. The minimum atomic E-state index is -0.938. The van der Waals surface area contributed by atoms with E-state index in [9.17, 15) is 14.4 Å². The summed E-state index contributed by atoms with van der Waals surface area (Å²) in [6.45, 7) is 4.58. The van der Waals surface area contributed by atoms with E-state index in [2.05, 4.69) is 39.8 Å². The molecule has 2 heterocycles. The molecular weight excluding hydrogens is 659 g/mol. The van der Waals surface area contributed by atoms with E-state index in [1.54, 1.807) is 30.1 Å². The third kappa shape index (κ3) is 12.7. The number of amides is 4. The fourth-order valence-electron chi connectivity index (χ4n) is 5.19. The van der Waals surface area contributed by atoms with Gasteiger partial charge in [0.15, 0.2) is 0 Å². The maximum atomic E-state index is 13.7. The Hall–Kier alpha value is -4.62. The number of hydrogen-bond acceptors (Lipinski definition) is 9. The number of aromatic nitrogens is 2. The number of hydrogen-bond donors (Lipinski definition) is 4. The smallest absolute Gasteiger partial charge is 0.407 e. The molecule has 0 aliphatic carbocycles. The van der Waals surface area contributed by atoms with E-state index in [4.69, 9.17) is 10.1 Å². The number of alkyl carbamates (subject to hydrolysis) is 1. The Morgan fingerprint density at radius 3 is 2.10 bits per heavy atom. The molecule has 0 aliphatic heterocycles. The minimum absolute atomic E-state index is 0.0431. The summed E-state index contributed by atoms with van der Waals surface area (Å²) in [4.78, 5) is 50.6. The second-order valence-electron chi connectivity index (χ2n) is 12.2. The Morgan fingerprint density at radius 2 is 1.55 bits per heavy atom. The van der Waals surface area contributed by atoms with Gasteiger partial charge < -0.3 is 31.0 Å². The minimum Gasteiger partial charge on any atom is -0.444 e. The number of urea groups is 1. The molecule has 0 saturated carbocycles. The molecule has 11 nitrogen and oxygen atoms in total. The first kappa shape index (κ1) is 37.2. The zero-order valence-electron chi connectivity index (χ0n) is 28.1. The molecule has 0 spiro atoms. The van der Waals surface area contributed by atoms with Crippen LogP contribution in [-0.4, -0.2) is 64.3 Å². The number of benzene rings is 2.